The maximum Gasteiger partial charge on any atom is 0.329 e. The van der Waals surface area contributed by atoms with Crippen LogP contribution in [0.1, 0.15) is 23.6 Å². The second-order valence-electron chi connectivity index (χ2n) is 5.78. The summed E-state index contributed by atoms with van der Waals surface area (Å²) in [6.45, 7) is 5.54. The molecule has 0 unspecified atom stereocenters. The Morgan fingerprint density at radius 3 is 2.42 bits per heavy atom. The molecule has 0 saturated heterocycles. The summed E-state index contributed by atoms with van der Waals surface area (Å²) in [4.78, 5) is 23.9. The highest BCUT2D eigenvalue weighted by atomic mass is 16.5. The summed E-state index contributed by atoms with van der Waals surface area (Å²) in [6, 6.07) is 10.0. The number of hydrogen-bond donors (Lipinski definition) is 3. The number of methoxy groups -OCH3 is 1. The normalized spacial score (nSPS) is 11.0. The third-order valence-electron chi connectivity index (χ3n) is 3.89. The molecule has 0 radical (unpaired) electrons. The second-order valence-corrected chi connectivity index (χ2v) is 5.78. The third kappa shape index (κ3) is 4.60. The Morgan fingerprint density at radius 2 is 1.77 bits per heavy atom. The molecule has 26 heavy (non-hydrogen) atoms. The Labute approximate surface area is 151 Å². The number of rotatable bonds is 4. The van der Waals surface area contributed by atoms with Crippen molar-refractivity contribution in [2.24, 2.45) is 5.10 Å². The number of anilines is 1. The van der Waals surface area contributed by atoms with Gasteiger partial charge in [0, 0.05) is 11.3 Å². The van der Waals surface area contributed by atoms with Gasteiger partial charge in [0.1, 0.15) is 0 Å². The lowest BCUT2D eigenvalue weighted by Gasteiger charge is -2.08. The molecular weight excluding hydrogens is 334 g/mol. The molecule has 136 valence electrons. The van der Waals surface area contributed by atoms with Crippen LogP contribution in [0.25, 0.3) is 0 Å². The molecule has 3 N–H and O–H groups in total. The van der Waals surface area contributed by atoms with E-state index in [4.69, 9.17) is 4.74 Å². The van der Waals surface area contributed by atoms with Crippen LogP contribution in [0.5, 0.6) is 11.5 Å². The molecule has 0 aliphatic rings. The Hall–Kier alpha value is -3.35. The van der Waals surface area contributed by atoms with Crippen LogP contribution in [0.15, 0.2) is 41.5 Å². The fraction of sp³-hybridized carbons (Fsp3) is 0.211. The van der Waals surface area contributed by atoms with E-state index in [1.807, 2.05) is 19.9 Å². The Bertz CT molecular complexity index is 875. The lowest BCUT2D eigenvalue weighted by Crippen LogP contribution is -2.33. The van der Waals surface area contributed by atoms with E-state index in [9.17, 15) is 14.7 Å². The number of ether oxygens (including phenoxy) is 1. The summed E-state index contributed by atoms with van der Waals surface area (Å²) in [5.74, 6) is -1.40. The van der Waals surface area contributed by atoms with Crippen LogP contribution in [0.2, 0.25) is 0 Å². The van der Waals surface area contributed by atoms with Gasteiger partial charge >= 0.3 is 11.8 Å². The molecule has 0 fully saturated rings. The van der Waals surface area contributed by atoms with Crippen LogP contribution in [0.3, 0.4) is 0 Å². The van der Waals surface area contributed by atoms with Gasteiger partial charge in [-0.3, -0.25) is 9.59 Å². The molecule has 0 aromatic heterocycles. The molecule has 0 aliphatic carbocycles. The first-order valence-corrected chi connectivity index (χ1v) is 7.92. The quantitative estimate of drug-likeness (QED) is 0.446. The van der Waals surface area contributed by atoms with E-state index in [1.165, 1.54) is 13.2 Å². The van der Waals surface area contributed by atoms with Gasteiger partial charge in [-0.05, 0) is 62.2 Å². The van der Waals surface area contributed by atoms with E-state index in [-0.39, 0.29) is 11.5 Å². The molecule has 7 heteroatoms. The first kappa shape index (κ1) is 19.0. The maximum atomic E-state index is 12.0. The van der Waals surface area contributed by atoms with Crippen molar-refractivity contribution in [2.75, 3.05) is 12.4 Å². The number of nitrogens with zero attached hydrogens (tertiary/aromatic N) is 1. The van der Waals surface area contributed by atoms with Gasteiger partial charge in [-0.1, -0.05) is 6.07 Å². The summed E-state index contributed by atoms with van der Waals surface area (Å²) in [5.41, 5.74) is 5.95. The fourth-order valence-electron chi connectivity index (χ4n) is 2.16. The van der Waals surface area contributed by atoms with E-state index in [2.05, 4.69) is 15.8 Å². The minimum atomic E-state index is -0.881. The lowest BCUT2D eigenvalue weighted by atomic mass is 10.1. The zero-order valence-electron chi connectivity index (χ0n) is 15.1. The zero-order valence-corrected chi connectivity index (χ0v) is 15.1. The number of carbonyl (C=O) groups is 2. The molecule has 0 saturated carbocycles. The highest BCUT2D eigenvalue weighted by Crippen LogP contribution is 2.26. The highest BCUT2D eigenvalue weighted by Gasteiger charge is 2.14. The van der Waals surface area contributed by atoms with Gasteiger partial charge in [-0.25, -0.2) is 5.43 Å². The van der Waals surface area contributed by atoms with E-state index >= 15 is 0 Å². The number of phenolic OH excluding ortho intramolecular Hbond substituents is 1. The molecule has 2 aromatic rings. The first-order chi connectivity index (χ1) is 12.3. The average molecular weight is 355 g/mol. The molecule has 0 aliphatic heterocycles. The summed E-state index contributed by atoms with van der Waals surface area (Å²) in [6.07, 6.45) is 0. The van der Waals surface area contributed by atoms with Crippen LogP contribution in [0, 0.1) is 13.8 Å². The van der Waals surface area contributed by atoms with Gasteiger partial charge in [-0.2, -0.15) is 5.10 Å². The number of amides is 2. The van der Waals surface area contributed by atoms with Crippen molar-refractivity contribution < 1.29 is 19.4 Å². The van der Waals surface area contributed by atoms with Gasteiger partial charge in [0.05, 0.1) is 12.8 Å². The van der Waals surface area contributed by atoms with Crippen molar-refractivity contribution in [1.29, 1.82) is 0 Å². The predicted molar refractivity (Wildman–Crippen MR) is 99.6 cm³/mol. The van der Waals surface area contributed by atoms with Crippen molar-refractivity contribution in [3.63, 3.8) is 0 Å². The lowest BCUT2D eigenvalue weighted by molar-refractivity contribution is -0.136. The maximum absolute atomic E-state index is 12.0. The number of hydrazone groups is 1. The molecule has 2 aromatic carbocycles. The van der Waals surface area contributed by atoms with Gasteiger partial charge in [0.25, 0.3) is 0 Å². The number of benzene rings is 2. The fourth-order valence-corrected chi connectivity index (χ4v) is 2.16. The van der Waals surface area contributed by atoms with E-state index in [0.29, 0.717) is 17.0 Å². The Morgan fingerprint density at radius 1 is 1.04 bits per heavy atom. The van der Waals surface area contributed by atoms with Crippen molar-refractivity contribution >= 4 is 23.2 Å². The molecule has 7 nitrogen and oxygen atoms in total. The van der Waals surface area contributed by atoms with Gasteiger partial charge < -0.3 is 15.2 Å². The third-order valence-corrected chi connectivity index (χ3v) is 3.89. The standard InChI is InChI=1S/C19H21N3O4/c1-11-5-7-15(9-12(11)2)20-18(24)19(25)22-21-13(3)14-6-8-16(23)17(10-14)26-4/h5-10,23H,1-4H3,(H,20,24)(H,22,25)/b21-13+. The smallest absolute Gasteiger partial charge is 0.329 e. The SMILES string of the molecule is COc1cc(/C(C)=N/NC(=O)C(=O)Nc2ccc(C)c(C)c2)ccc1O. The number of aryl methyl sites for hydroxylation is 2. The average Bonchev–Trinajstić information content (AvgIpc) is 2.62. The summed E-state index contributed by atoms with van der Waals surface area (Å²) in [7, 11) is 1.43. The van der Waals surface area contributed by atoms with Crippen molar-refractivity contribution in [3.05, 3.63) is 53.1 Å². The van der Waals surface area contributed by atoms with Crippen molar-refractivity contribution in [2.45, 2.75) is 20.8 Å². The van der Waals surface area contributed by atoms with Crippen LogP contribution in [0.4, 0.5) is 5.69 Å². The van der Waals surface area contributed by atoms with Crippen LogP contribution < -0.4 is 15.5 Å². The molecular formula is C19H21N3O4. The number of nitrogens with one attached hydrogen (secondary N) is 2. The van der Waals surface area contributed by atoms with Crippen molar-refractivity contribution in [3.8, 4) is 11.5 Å². The monoisotopic (exact) mass is 355 g/mol. The molecule has 2 rings (SSSR count). The van der Waals surface area contributed by atoms with Gasteiger partial charge in [0.2, 0.25) is 0 Å². The Balaban J connectivity index is 2.03. The van der Waals surface area contributed by atoms with E-state index in [1.54, 1.807) is 31.2 Å². The summed E-state index contributed by atoms with van der Waals surface area (Å²) < 4.78 is 5.03. The molecule has 0 spiro atoms. The molecule has 0 bridgehead atoms. The number of aromatic hydroxyl groups is 1. The number of phenols is 1. The van der Waals surface area contributed by atoms with Crippen LogP contribution in [-0.2, 0) is 9.59 Å². The van der Waals surface area contributed by atoms with Crippen molar-refractivity contribution in [1.82, 2.24) is 5.43 Å². The number of carbonyl (C=O) groups excluding carboxylic acids is 2. The molecule has 2 amide bonds. The summed E-state index contributed by atoms with van der Waals surface area (Å²) in [5, 5.41) is 16.0. The first-order valence-electron chi connectivity index (χ1n) is 7.92. The van der Waals surface area contributed by atoms with Crippen LogP contribution >= 0.6 is 0 Å². The minimum Gasteiger partial charge on any atom is -0.504 e. The largest absolute Gasteiger partial charge is 0.504 e. The van der Waals surface area contributed by atoms with Crippen LogP contribution in [-0.4, -0.2) is 29.7 Å². The minimum absolute atomic E-state index is 0.000791. The molecule has 0 atom stereocenters. The van der Waals surface area contributed by atoms with Gasteiger partial charge in [0.15, 0.2) is 11.5 Å². The second kappa shape index (κ2) is 8.15. The van der Waals surface area contributed by atoms with E-state index in [0.717, 1.165) is 11.1 Å². The molecule has 0 heterocycles. The Kier molecular flexibility index (Phi) is 5.95. The predicted octanol–water partition coefficient (Wildman–Crippen LogP) is 2.50. The zero-order chi connectivity index (χ0) is 19.3. The van der Waals surface area contributed by atoms with Gasteiger partial charge in [-0.15, -0.1) is 0 Å². The number of hydrogen-bond acceptors (Lipinski definition) is 5. The summed E-state index contributed by atoms with van der Waals surface area (Å²) >= 11 is 0. The topological polar surface area (TPSA) is 100 Å². The van der Waals surface area contributed by atoms with E-state index < -0.39 is 11.8 Å². The highest BCUT2D eigenvalue weighted by molar-refractivity contribution is 6.39.